The molecule has 0 unspecified atom stereocenters. The SMILES string of the molecule is COc1ccc(-c2cn3cccc(C)c3n2)cc1NC(=O)Cc1ccccc1. The molecule has 0 saturated carbocycles. The molecule has 0 aliphatic heterocycles. The normalized spacial score (nSPS) is 10.8. The number of rotatable bonds is 5. The predicted octanol–water partition coefficient (Wildman–Crippen LogP) is 4.50. The molecule has 0 spiro atoms. The molecule has 2 aromatic carbocycles. The first-order valence-electron chi connectivity index (χ1n) is 9.10. The van der Waals surface area contributed by atoms with E-state index in [0.29, 0.717) is 17.9 Å². The number of aromatic nitrogens is 2. The van der Waals surface area contributed by atoms with Crippen LogP contribution in [-0.2, 0) is 11.2 Å². The van der Waals surface area contributed by atoms with Crippen LogP contribution in [0, 0.1) is 6.92 Å². The van der Waals surface area contributed by atoms with Gasteiger partial charge in [-0.2, -0.15) is 0 Å². The number of methoxy groups -OCH3 is 1. The molecule has 1 N–H and O–H groups in total. The average Bonchev–Trinajstić information content (AvgIpc) is 3.14. The lowest BCUT2D eigenvalue weighted by atomic mass is 10.1. The summed E-state index contributed by atoms with van der Waals surface area (Å²) in [6.45, 7) is 2.04. The molecule has 5 heteroatoms. The van der Waals surface area contributed by atoms with Crippen LogP contribution >= 0.6 is 0 Å². The molecule has 5 nitrogen and oxygen atoms in total. The predicted molar refractivity (Wildman–Crippen MR) is 111 cm³/mol. The van der Waals surface area contributed by atoms with Gasteiger partial charge in [-0.1, -0.05) is 36.4 Å². The maximum atomic E-state index is 12.5. The van der Waals surface area contributed by atoms with Crippen molar-refractivity contribution in [1.29, 1.82) is 0 Å². The van der Waals surface area contributed by atoms with Gasteiger partial charge >= 0.3 is 0 Å². The minimum Gasteiger partial charge on any atom is -0.495 e. The Labute approximate surface area is 163 Å². The fourth-order valence-electron chi connectivity index (χ4n) is 3.23. The molecular formula is C23H21N3O2. The molecule has 0 atom stereocenters. The van der Waals surface area contributed by atoms with Gasteiger partial charge in [0.05, 0.1) is 24.9 Å². The van der Waals surface area contributed by atoms with Gasteiger partial charge in [0.2, 0.25) is 5.91 Å². The van der Waals surface area contributed by atoms with Gasteiger partial charge in [0.1, 0.15) is 11.4 Å². The number of nitrogens with zero attached hydrogens (tertiary/aromatic N) is 2. The van der Waals surface area contributed by atoms with Crippen molar-refractivity contribution in [2.24, 2.45) is 0 Å². The molecule has 0 aliphatic rings. The number of carbonyl (C=O) groups is 1. The van der Waals surface area contributed by atoms with Crippen molar-refractivity contribution in [3.05, 3.63) is 84.2 Å². The van der Waals surface area contributed by atoms with Crippen molar-refractivity contribution in [2.75, 3.05) is 12.4 Å². The van der Waals surface area contributed by atoms with Crippen LogP contribution < -0.4 is 10.1 Å². The topological polar surface area (TPSA) is 55.6 Å². The minimum absolute atomic E-state index is 0.0903. The zero-order valence-electron chi connectivity index (χ0n) is 15.8. The van der Waals surface area contributed by atoms with Crippen LogP contribution in [0.5, 0.6) is 5.75 Å². The van der Waals surface area contributed by atoms with Gasteiger partial charge in [0.15, 0.2) is 0 Å². The summed E-state index contributed by atoms with van der Waals surface area (Å²) in [7, 11) is 1.59. The van der Waals surface area contributed by atoms with Gasteiger partial charge in [-0.05, 0) is 42.3 Å². The van der Waals surface area contributed by atoms with Crippen molar-refractivity contribution in [3.8, 4) is 17.0 Å². The number of imidazole rings is 1. The molecule has 0 aliphatic carbocycles. The molecule has 28 heavy (non-hydrogen) atoms. The standard InChI is InChI=1S/C23H21N3O2/c1-16-7-6-12-26-15-20(25-23(16)26)18-10-11-21(28-2)19(14-18)24-22(27)13-17-8-4-3-5-9-17/h3-12,14-15H,13H2,1-2H3,(H,24,27). The highest BCUT2D eigenvalue weighted by atomic mass is 16.5. The van der Waals surface area contributed by atoms with Gasteiger partial charge in [-0.25, -0.2) is 4.98 Å². The third kappa shape index (κ3) is 3.60. The Bertz CT molecular complexity index is 1130. The number of ether oxygens (including phenoxy) is 1. The summed E-state index contributed by atoms with van der Waals surface area (Å²) < 4.78 is 7.43. The summed E-state index contributed by atoms with van der Waals surface area (Å²) >= 11 is 0. The van der Waals surface area contributed by atoms with E-state index in [0.717, 1.165) is 28.0 Å². The highest BCUT2D eigenvalue weighted by molar-refractivity contribution is 5.94. The van der Waals surface area contributed by atoms with Gasteiger partial charge in [-0.3, -0.25) is 4.79 Å². The van der Waals surface area contributed by atoms with Crippen LogP contribution in [-0.4, -0.2) is 22.4 Å². The summed E-state index contributed by atoms with van der Waals surface area (Å²) in [5, 5.41) is 2.97. The van der Waals surface area contributed by atoms with E-state index in [1.807, 2.05) is 84.4 Å². The number of carbonyl (C=O) groups excluding carboxylic acids is 1. The number of nitrogens with one attached hydrogen (secondary N) is 1. The molecular weight excluding hydrogens is 350 g/mol. The number of anilines is 1. The quantitative estimate of drug-likeness (QED) is 0.562. The van der Waals surface area contributed by atoms with E-state index < -0.39 is 0 Å². The maximum Gasteiger partial charge on any atom is 0.228 e. The molecule has 2 aromatic heterocycles. The van der Waals surface area contributed by atoms with E-state index >= 15 is 0 Å². The second kappa shape index (κ2) is 7.56. The number of benzene rings is 2. The van der Waals surface area contributed by atoms with Crippen LogP contribution in [0.1, 0.15) is 11.1 Å². The van der Waals surface area contributed by atoms with Crippen molar-refractivity contribution in [1.82, 2.24) is 9.38 Å². The van der Waals surface area contributed by atoms with Gasteiger partial charge in [0, 0.05) is 18.0 Å². The lowest BCUT2D eigenvalue weighted by molar-refractivity contribution is -0.115. The number of hydrogen-bond donors (Lipinski definition) is 1. The lowest BCUT2D eigenvalue weighted by Gasteiger charge is -2.11. The monoisotopic (exact) mass is 371 g/mol. The van der Waals surface area contributed by atoms with Crippen LogP contribution in [0.2, 0.25) is 0 Å². The Morgan fingerprint density at radius 2 is 1.93 bits per heavy atom. The Balaban J connectivity index is 1.63. The Morgan fingerprint density at radius 3 is 2.68 bits per heavy atom. The number of fused-ring (bicyclic) bond motifs is 1. The Kier molecular flexibility index (Phi) is 4.81. The highest BCUT2D eigenvalue weighted by Crippen LogP contribution is 2.31. The first-order valence-corrected chi connectivity index (χ1v) is 9.10. The summed E-state index contributed by atoms with van der Waals surface area (Å²) in [4.78, 5) is 17.2. The third-order valence-corrected chi connectivity index (χ3v) is 4.65. The van der Waals surface area contributed by atoms with Crippen LogP contribution in [0.25, 0.3) is 16.9 Å². The van der Waals surface area contributed by atoms with Gasteiger partial charge in [-0.15, -0.1) is 0 Å². The van der Waals surface area contributed by atoms with Crippen molar-refractivity contribution >= 4 is 17.2 Å². The molecule has 140 valence electrons. The van der Waals surface area contributed by atoms with E-state index in [-0.39, 0.29) is 5.91 Å². The van der Waals surface area contributed by atoms with E-state index in [9.17, 15) is 4.79 Å². The largest absolute Gasteiger partial charge is 0.495 e. The molecule has 0 saturated heterocycles. The zero-order valence-corrected chi connectivity index (χ0v) is 15.8. The first kappa shape index (κ1) is 17.8. The van der Waals surface area contributed by atoms with E-state index in [1.54, 1.807) is 7.11 Å². The summed E-state index contributed by atoms with van der Waals surface area (Å²) in [6, 6.07) is 19.4. The Morgan fingerprint density at radius 1 is 1.11 bits per heavy atom. The molecule has 2 heterocycles. The fraction of sp³-hybridized carbons (Fsp3) is 0.130. The number of hydrogen-bond acceptors (Lipinski definition) is 3. The molecule has 0 radical (unpaired) electrons. The summed E-state index contributed by atoms with van der Waals surface area (Å²) in [5.41, 5.74) is 5.39. The van der Waals surface area contributed by atoms with Crippen molar-refractivity contribution in [2.45, 2.75) is 13.3 Å². The smallest absolute Gasteiger partial charge is 0.228 e. The number of amides is 1. The first-order chi connectivity index (χ1) is 13.6. The molecule has 1 amide bonds. The number of pyridine rings is 1. The molecule has 0 bridgehead atoms. The third-order valence-electron chi connectivity index (χ3n) is 4.65. The van der Waals surface area contributed by atoms with E-state index in [2.05, 4.69) is 5.32 Å². The second-order valence-corrected chi connectivity index (χ2v) is 6.67. The van der Waals surface area contributed by atoms with E-state index in [1.165, 1.54) is 0 Å². The van der Waals surface area contributed by atoms with Gasteiger partial charge < -0.3 is 14.5 Å². The molecule has 4 rings (SSSR count). The molecule has 0 fully saturated rings. The van der Waals surface area contributed by atoms with Crippen LogP contribution in [0.15, 0.2) is 73.1 Å². The summed E-state index contributed by atoms with van der Waals surface area (Å²) in [6.07, 6.45) is 4.27. The van der Waals surface area contributed by atoms with E-state index in [4.69, 9.17) is 9.72 Å². The fourth-order valence-corrected chi connectivity index (χ4v) is 3.23. The maximum absolute atomic E-state index is 12.5. The number of aryl methyl sites for hydroxylation is 1. The van der Waals surface area contributed by atoms with Gasteiger partial charge in [0.25, 0.3) is 0 Å². The van der Waals surface area contributed by atoms with Crippen molar-refractivity contribution in [3.63, 3.8) is 0 Å². The average molecular weight is 371 g/mol. The van der Waals surface area contributed by atoms with Crippen LogP contribution in [0.3, 0.4) is 0 Å². The van der Waals surface area contributed by atoms with Crippen LogP contribution in [0.4, 0.5) is 5.69 Å². The summed E-state index contributed by atoms with van der Waals surface area (Å²) in [5.74, 6) is 0.526. The Hall–Kier alpha value is -3.60. The highest BCUT2D eigenvalue weighted by Gasteiger charge is 2.12. The second-order valence-electron chi connectivity index (χ2n) is 6.67. The minimum atomic E-state index is -0.0903. The van der Waals surface area contributed by atoms with Crippen molar-refractivity contribution < 1.29 is 9.53 Å². The zero-order chi connectivity index (χ0) is 19.5. The lowest BCUT2D eigenvalue weighted by Crippen LogP contribution is -2.15. The molecule has 4 aromatic rings.